The van der Waals surface area contributed by atoms with Crippen LogP contribution in [0, 0.1) is 0 Å². The van der Waals surface area contributed by atoms with Crippen molar-refractivity contribution < 1.29 is 14.2 Å². The molecule has 0 aliphatic rings. The first-order valence-electron chi connectivity index (χ1n) is 5.81. The lowest BCUT2D eigenvalue weighted by Crippen LogP contribution is -2.23. The Balaban J connectivity index is 2.30. The zero-order valence-corrected chi connectivity index (χ0v) is 11.9. The number of halogens is 1. The van der Waals surface area contributed by atoms with E-state index in [9.17, 15) is 0 Å². The van der Waals surface area contributed by atoms with Crippen LogP contribution in [0.5, 0.6) is 0 Å². The molecule has 0 unspecified atom stereocenters. The van der Waals surface area contributed by atoms with Crippen LogP contribution < -0.4 is 0 Å². The molecule has 4 heteroatoms. The average molecular weight is 303 g/mol. The van der Waals surface area contributed by atoms with Crippen molar-refractivity contribution in [2.24, 2.45) is 0 Å². The molecule has 0 heterocycles. The van der Waals surface area contributed by atoms with Gasteiger partial charge in [-0.2, -0.15) is 0 Å². The predicted molar refractivity (Wildman–Crippen MR) is 70.8 cm³/mol. The molecule has 0 saturated heterocycles. The Morgan fingerprint density at radius 1 is 1.18 bits per heavy atom. The first-order chi connectivity index (χ1) is 8.26. The summed E-state index contributed by atoms with van der Waals surface area (Å²) in [5.74, 6) is 0. The van der Waals surface area contributed by atoms with Crippen molar-refractivity contribution in [1.29, 1.82) is 0 Å². The summed E-state index contributed by atoms with van der Waals surface area (Å²) in [6.45, 7) is 6.17. The second-order valence-corrected chi connectivity index (χ2v) is 4.40. The van der Waals surface area contributed by atoms with Gasteiger partial charge in [0.25, 0.3) is 0 Å². The highest BCUT2D eigenvalue weighted by Gasteiger charge is 2.07. The summed E-state index contributed by atoms with van der Waals surface area (Å²) in [5.41, 5.74) is 1.13. The van der Waals surface area contributed by atoms with Crippen LogP contribution in [0.4, 0.5) is 0 Å². The summed E-state index contributed by atoms with van der Waals surface area (Å²) >= 11 is 3.43. The molecule has 17 heavy (non-hydrogen) atoms. The SMILES string of the molecule is CCOC(COCc1cccc(Br)c1)OCC. The van der Waals surface area contributed by atoms with Crippen molar-refractivity contribution in [3.8, 4) is 0 Å². The van der Waals surface area contributed by atoms with Crippen molar-refractivity contribution in [3.05, 3.63) is 34.3 Å². The van der Waals surface area contributed by atoms with Gasteiger partial charge < -0.3 is 14.2 Å². The van der Waals surface area contributed by atoms with E-state index in [1.54, 1.807) is 0 Å². The Bertz CT molecular complexity index is 311. The molecule has 0 fully saturated rings. The summed E-state index contributed by atoms with van der Waals surface area (Å²) in [6, 6.07) is 8.05. The average Bonchev–Trinajstić information content (AvgIpc) is 2.30. The second-order valence-electron chi connectivity index (χ2n) is 3.49. The van der Waals surface area contributed by atoms with Gasteiger partial charge in [-0.25, -0.2) is 0 Å². The third-order valence-corrected chi connectivity index (χ3v) is 2.61. The van der Waals surface area contributed by atoms with Crippen LogP contribution >= 0.6 is 15.9 Å². The fourth-order valence-corrected chi connectivity index (χ4v) is 1.86. The van der Waals surface area contributed by atoms with E-state index in [1.165, 1.54) is 0 Å². The molecule has 0 spiro atoms. The summed E-state index contributed by atoms with van der Waals surface area (Å²) in [5, 5.41) is 0. The molecule has 1 rings (SSSR count). The molecular formula is C13H19BrO3. The Hall–Kier alpha value is -0.420. The van der Waals surface area contributed by atoms with Crippen LogP contribution in [0.25, 0.3) is 0 Å². The number of rotatable bonds is 8. The van der Waals surface area contributed by atoms with Crippen LogP contribution in [0.3, 0.4) is 0 Å². The highest BCUT2D eigenvalue weighted by molar-refractivity contribution is 9.10. The van der Waals surface area contributed by atoms with E-state index in [0.29, 0.717) is 26.4 Å². The lowest BCUT2D eigenvalue weighted by Gasteiger charge is -2.16. The van der Waals surface area contributed by atoms with E-state index >= 15 is 0 Å². The lowest BCUT2D eigenvalue weighted by molar-refractivity contribution is -0.169. The molecule has 0 saturated carbocycles. The molecule has 0 atom stereocenters. The Morgan fingerprint density at radius 3 is 2.47 bits per heavy atom. The van der Waals surface area contributed by atoms with Crippen molar-refractivity contribution >= 4 is 15.9 Å². The van der Waals surface area contributed by atoms with E-state index in [0.717, 1.165) is 10.0 Å². The summed E-state index contributed by atoms with van der Waals surface area (Å²) in [6.07, 6.45) is -0.267. The number of hydrogen-bond acceptors (Lipinski definition) is 3. The third kappa shape index (κ3) is 6.17. The second kappa shape index (κ2) is 8.64. The number of hydrogen-bond donors (Lipinski definition) is 0. The molecule has 0 aliphatic heterocycles. The topological polar surface area (TPSA) is 27.7 Å². The molecule has 1 aromatic rings. The molecule has 3 nitrogen and oxygen atoms in total. The van der Waals surface area contributed by atoms with Gasteiger partial charge in [-0.1, -0.05) is 28.1 Å². The molecule has 0 radical (unpaired) electrons. The number of ether oxygens (including phenoxy) is 3. The van der Waals surface area contributed by atoms with Gasteiger partial charge in [0.05, 0.1) is 13.2 Å². The fourth-order valence-electron chi connectivity index (χ4n) is 1.42. The highest BCUT2D eigenvalue weighted by atomic mass is 79.9. The van der Waals surface area contributed by atoms with E-state index in [-0.39, 0.29) is 6.29 Å². The predicted octanol–water partition coefficient (Wildman–Crippen LogP) is 3.36. The lowest BCUT2D eigenvalue weighted by atomic mass is 10.2. The highest BCUT2D eigenvalue weighted by Crippen LogP contribution is 2.12. The van der Waals surface area contributed by atoms with Gasteiger partial charge in [-0.15, -0.1) is 0 Å². The molecule has 0 aliphatic carbocycles. The van der Waals surface area contributed by atoms with Gasteiger partial charge in [-0.3, -0.25) is 0 Å². The standard InChI is InChI=1S/C13H19BrO3/c1-3-16-13(17-4-2)10-15-9-11-6-5-7-12(14)8-11/h5-8,13H,3-4,9-10H2,1-2H3. The normalized spacial score (nSPS) is 11.1. The van der Waals surface area contributed by atoms with Crippen LogP contribution in [-0.2, 0) is 20.8 Å². The Morgan fingerprint density at radius 2 is 1.88 bits per heavy atom. The maximum Gasteiger partial charge on any atom is 0.180 e. The van der Waals surface area contributed by atoms with Gasteiger partial charge in [-0.05, 0) is 31.5 Å². The monoisotopic (exact) mass is 302 g/mol. The van der Waals surface area contributed by atoms with Gasteiger partial charge >= 0.3 is 0 Å². The molecule has 0 amide bonds. The van der Waals surface area contributed by atoms with Gasteiger partial charge in [0, 0.05) is 17.7 Å². The zero-order chi connectivity index (χ0) is 12.5. The minimum Gasteiger partial charge on any atom is -0.371 e. The van der Waals surface area contributed by atoms with Crippen LogP contribution in [0.2, 0.25) is 0 Å². The Kier molecular flexibility index (Phi) is 7.44. The minimum absolute atomic E-state index is 0.267. The maximum atomic E-state index is 5.57. The van der Waals surface area contributed by atoms with Gasteiger partial charge in [0.2, 0.25) is 0 Å². The van der Waals surface area contributed by atoms with Crippen LogP contribution in [0.1, 0.15) is 19.4 Å². The maximum absolute atomic E-state index is 5.57. The summed E-state index contributed by atoms with van der Waals surface area (Å²) in [7, 11) is 0. The zero-order valence-electron chi connectivity index (χ0n) is 10.3. The van der Waals surface area contributed by atoms with Crippen molar-refractivity contribution in [2.75, 3.05) is 19.8 Å². The van der Waals surface area contributed by atoms with Crippen molar-refractivity contribution in [1.82, 2.24) is 0 Å². The van der Waals surface area contributed by atoms with Gasteiger partial charge in [0.15, 0.2) is 6.29 Å². The van der Waals surface area contributed by atoms with Crippen molar-refractivity contribution in [2.45, 2.75) is 26.7 Å². The van der Waals surface area contributed by atoms with Crippen molar-refractivity contribution in [3.63, 3.8) is 0 Å². The first kappa shape index (κ1) is 14.6. The summed E-state index contributed by atoms with van der Waals surface area (Å²) < 4.78 is 17.4. The molecular weight excluding hydrogens is 284 g/mol. The molecule has 0 aromatic heterocycles. The smallest absolute Gasteiger partial charge is 0.180 e. The first-order valence-corrected chi connectivity index (χ1v) is 6.61. The molecule has 1 aromatic carbocycles. The van der Waals surface area contributed by atoms with E-state index < -0.39 is 0 Å². The quantitative estimate of drug-likeness (QED) is 0.689. The van der Waals surface area contributed by atoms with E-state index in [1.807, 2.05) is 38.1 Å². The number of benzene rings is 1. The minimum atomic E-state index is -0.267. The largest absolute Gasteiger partial charge is 0.371 e. The van der Waals surface area contributed by atoms with Gasteiger partial charge in [0.1, 0.15) is 0 Å². The van der Waals surface area contributed by atoms with E-state index in [2.05, 4.69) is 15.9 Å². The summed E-state index contributed by atoms with van der Waals surface area (Å²) in [4.78, 5) is 0. The molecule has 0 N–H and O–H groups in total. The van der Waals surface area contributed by atoms with Crippen LogP contribution in [0.15, 0.2) is 28.7 Å². The Labute approximate surface area is 111 Å². The third-order valence-electron chi connectivity index (χ3n) is 2.12. The van der Waals surface area contributed by atoms with E-state index in [4.69, 9.17) is 14.2 Å². The fraction of sp³-hybridized carbons (Fsp3) is 0.538. The molecule has 96 valence electrons. The molecule has 0 bridgehead atoms. The van der Waals surface area contributed by atoms with Crippen LogP contribution in [-0.4, -0.2) is 26.1 Å².